The third-order valence-electron chi connectivity index (χ3n) is 3.94. The highest BCUT2D eigenvalue weighted by Crippen LogP contribution is 2.18. The van der Waals surface area contributed by atoms with E-state index < -0.39 is 0 Å². The van der Waals surface area contributed by atoms with Crippen LogP contribution in [0.25, 0.3) is 0 Å². The van der Waals surface area contributed by atoms with Gasteiger partial charge in [-0.1, -0.05) is 6.07 Å². The van der Waals surface area contributed by atoms with Gasteiger partial charge in [0.05, 0.1) is 0 Å². The fourth-order valence-corrected chi connectivity index (χ4v) is 2.67. The Hall–Kier alpha value is -0.840. The van der Waals surface area contributed by atoms with Gasteiger partial charge in [0.15, 0.2) is 0 Å². The second-order valence-electron chi connectivity index (χ2n) is 5.49. The molecular weight excluding hydrogens is 272 g/mol. The molecule has 0 bridgehead atoms. The molecule has 20 heavy (non-hydrogen) atoms. The lowest BCUT2D eigenvalue weighted by Gasteiger charge is -2.18. The normalized spacial score (nSPS) is 18.9. The van der Waals surface area contributed by atoms with Crippen LogP contribution in [0.3, 0.4) is 0 Å². The summed E-state index contributed by atoms with van der Waals surface area (Å²) in [5.74, 6) is 1.86. The topological polar surface area (TPSA) is 31.4 Å². The van der Waals surface area contributed by atoms with E-state index in [1.807, 2.05) is 13.2 Å². The lowest BCUT2D eigenvalue weighted by atomic mass is 10.1. The van der Waals surface area contributed by atoms with E-state index in [0.717, 1.165) is 31.4 Å². The molecule has 1 fully saturated rings. The second-order valence-corrected chi connectivity index (χ2v) is 5.49. The van der Waals surface area contributed by atoms with Gasteiger partial charge in [0, 0.05) is 32.9 Å². The average molecular weight is 299 g/mol. The van der Waals surface area contributed by atoms with E-state index in [9.17, 15) is 0 Å². The number of anilines is 1. The highest BCUT2D eigenvalue weighted by Gasteiger charge is 2.21. The molecule has 5 heteroatoms. The van der Waals surface area contributed by atoms with Crippen molar-refractivity contribution in [3.05, 3.63) is 23.9 Å². The molecule has 114 valence electrons. The van der Waals surface area contributed by atoms with Crippen LogP contribution in [0.15, 0.2) is 18.3 Å². The molecule has 1 saturated heterocycles. The van der Waals surface area contributed by atoms with Gasteiger partial charge < -0.3 is 10.2 Å². The molecule has 1 N–H and O–H groups in total. The maximum absolute atomic E-state index is 4.53. The van der Waals surface area contributed by atoms with Crippen LogP contribution in [0.2, 0.25) is 0 Å². The molecule has 0 aromatic carbocycles. The predicted molar refractivity (Wildman–Crippen MR) is 87.7 cm³/mol. The second kappa shape index (κ2) is 8.45. The third-order valence-corrected chi connectivity index (χ3v) is 3.94. The SMILES string of the molecule is CCN(C)c1ccc(CN2CCC(CNC)C2)cn1.Cl. The molecule has 4 nitrogen and oxygen atoms in total. The zero-order chi connectivity index (χ0) is 13.7. The predicted octanol–water partition coefficient (Wildman–Crippen LogP) is 2.00. The molecule has 0 saturated carbocycles. The Kier molecular flexibility index (Phi) is 7.27. The first-order valence-corrected chi connectivity index (χ1v) is 7.26. The van der Waals surface area contributed by atoms with Crippen molar-refractivity contribution in [2.75, 3.05) is 45.2 Å². The first-order chi connectivity index (χ1) is 9.22. The van der Waals surface area contributed by atoms with Gasteiger partial charge in [-0.15, -0.1) is 12.4 Å². The van der Waals surface area contributed by atoms with Gasteiger partial charge in [0.25, 0.3) is 0 Å². The van der Waals surface area contributed by atoms with E-state index in [1.165, 1.54) is 25.1 Å². The Morgan fingerprint density at radius 3 is 2.85 bits per heavy atom. The summed E-state index contributed by atoms with van der Waals surface area (Å²) in [4.78, 5) is 9.22. The fourth-order valence-electron chi connectivity index (χ4n) is 2.67. The number of nitrogens with zero attached hydrogens (tertiary/aromatic N) is 3. The fraction of sp³-hybridized carbons (Fsp3) is 0.667. The van der Waals surface area contributed by atoms with Crippen LogP contribution in [-0.4, -0.2) is 50.2 Å². The van der Waals surface area contributed by atoms with Gasteiger partial charge >= 0.3 is 0 Å². The Balaban J connectivity index is 0.00000200. The standard InChI is InChI=1S/C15H26N4.ClH/c1-4-18(3)15-6-5-13(10-17-15)11-19-8-7-14(12-19)9-16-2;/h5-6,10,14,16H,4,7-9,11-12H2,1-3H3;1H. The molecule has 1 unspecified atom stereocenters. The van der Waals surface area contributed by atoms with Gasteiger partial charge in [0.2, 0.25) is 0 Å². The largest absolute Gasteiger partial charge is 0.360 e. The minimum absolute atomic E-state index is 0. The average Bonchev–Trinajstić information content (AvgIpc) is 2.86. The van der Waals surface area contributed by atoms with Crippen molar-refractivity contribution in [3.63, 3.8) is 0 Å². The molecule has 0 aliphatic carbocycles. The van der Waals surface area contributed by atoms with Crippen LogP contribution in [0.5, 0.6) is 0 Å². The van der Waals surface area contributed by atoms with Crippen LogP contribution >= 0.6 is 12.4 Å². The molecule has 1 aliphatic rings. The molecule has 1 aromatic rings. The molecule has 0 radical (unpaired) electrons. The van der Waals surface area contributed by atoms with Crippen molar-refractivity contribution in [1.82, 2.24) is 15.2 Å². The summed E-state index contributed by atoms with van der Waals surface area (Å²) in [6.45, 7) is 7.71. The van der Waals surface area contributed by atoms with Crippen molar-refractivity contribution in [3.8, 4) is 0 Å². The highest BCUT2D eigenvalue weighted by atomic mass is 35.5. The number of halogens is 1. The van der Waals surface area contributed by atoms with Crippen LogP contribution in [0, 0.1) is 5.92 Å². The van der Waals surface area contributed by atoms with Crippen LogP contribution in [-0.2, 0) is 6.54 Å². The summed E-state index contributed by atoms with van der Waals surface area (Å²) in [7, 11) is 4.11. The monoisotopic (exact) mass is 298 g/mol. The van der Waals surface area contributed by atoms with Crippen molar-refractivity contribution >= 4 is 18.2 Å². The van der Waals surface area contributed by atoms with Crippen molar-refractivity contribution in [2.45, 2.75) is 19.9 Å². The van der Waals surface area contributed by atoms with Crippen LogP contribution in [0.4, 0.5) is 5.82 Å². The summed E-state index contributed by atoms with van der Waals surface area (Å²) >= 11 is 0. The zero-order valence-electron chi connectivity index (χ0n) is 12.8. The summed E-state index contributed by atoms with van der Waals surface area (Å²) in [6.07, 6.45) is 3.33. The van der Waals surface area contributed by atoms with E-state index in [4.69, 9.17) is 0 Å². The minimum atomic E-state index is 0. The summed E-state index contributed by atoms with van der Waals surface area (Å²) in [6, 6.07) is 4.33. The number of hydrogen-bond acceptors (Lipinski definition) is 4. The van der Waals surface area contributed by atoms with E-state index in [-0.39, 0.29) is 12.4 Å². The maximum Gasteiger partial charge on any atom is 0.128 e. The Morgan fingerprint density at radius 2 is 2.25 bits per heavy atom. The van der Waals surface area contributed by atoms with E-state index in [1.54, 1.807) is 0 Å². The Labute approximate surface area is 129 Å². The summed E-state index contributed by atoms with van der Waals surface area (Å²) in [5, 5.41) is 3.28. The number of rotatable bonds is 6. The molecule has 1 atom stereocenters. The van der Waals surface area contributed by atoms with E-state index in [0.29, 0.717) is 0 Å². The minimum Gasteiger partial charge on any atom is -0.360 e. The summed E-state index contributed by atoms with van der Waals surface area (Å²) < 4.78 is 0. The smallest absolute Gasteiger partial charge is 0.128 e. The number of likely N-dealkylation sites (tertiary alicyclic amines) is 1. The maximum atomic E-state index is 4.53. The highest BCUT2D eigenvalue weighted by molar-refractivity contribution is 5.85. The number of hydrogen-bond donors (Lipinski definition) is 1. The van der Waals surface area contributed by atoms with Crippen LogP contribution < -0.4 is 10.2 Å². The lowest BCUT2D eigenvalue weighted by molar-refractivity contribution is 0.315. The molecule has 1 aliphatic heterocycles. The van der Waals surface area contributed by atoms with Crippen molar-refractivity contribution < 1.29 is 0 Å². The quantitative estimate of drug-likeness (QED) is 0.870. The molecule has 2 rings (SSSR count). The lowest BCUT2D eigenvalue weighted by Crippen LogP contribution is -2.24. The number of pyridine rings is 1. The number of nitrogens with one attached hydrogen (secondary N) is 1. The van der Waals surface area contributed by atoms with Gasteiger partial charge in [-0.2, -0.15) is 0 Å². The molecule has 2 heterocycles. The third kappa shape index (κ3) is 4.62. The first kappa shape index (κ1) is 17.2. The van der Waals surface area contributed by atoms with Gasteiger partial charge in [-0.05, 0) is 51.0 Å². The van der Waals surface area contributed by atoms with Gasteiger partial charge in [0.1, 0.15) is 5.82 Å². The first-order valence-electron chi connectivity index (χ1n) is 7.26. The van der Waals surface area contributed by atoms with Gasteiger partial charge in [-0.3, -0.25) is 4.90 Å². The van der Waals surface area contributed by atoms with E-state index in [2.05, 4.69) is 46.2 Å². The number of aromatic nitrogens is 1. The Bertz CT molecular complexity index is 382. The molecule has 1 aromatic heterocycles. The molecule has 0 spiro atoms. The van der Waals surface area contributed by atoms with Crippen molar-refractivity contribution in [2.24, 2.45) is 5.92 Å². The summed E-state index contributed by atoms with van der Waals surface area (Å²) in [5.41, 5.74) is 1.32. The molecular formula is C15H27ClN4. The molecule has 0 amide bonds. The van der Waals surface area contributed by atoms with Crippen LogP contribution in [0.1, 0.15) is 18.9 Å². The Morgan fingerprint density at radius 1 is 1.45 bits per heavy atom. The zero-order valence-corrected chi connectivity index (χ0v) is 13.6. The van der Waals surface area contributed by atoms with Crippen molar-refractivity contribution in [1.29, 1.82) is 0 Å². The van der Waals surface area contributed by atoms with E-state index >= 15 is 0 Å². The van der Waals surface area contributed by atoms with Gasteiger partial charge in [-0.25, -0.2) is 4.98 Å².